The van der Waals surface area contributed by atoms with Gasteiger partial charge in [0.25, 0.3) is 0 Å². The molecule has 0 radical (unpaired) electrons. The fourth-order valence-corrected chi connectivity index (χ4v) is 6.89. The van der Waals surface area contributed by atoms with E-state index < -0.39 is 0 Å². The molecule has 2 fully saturated rings. The smallest absolute Gasteiger partial charge is 0.0642 e. The molecule has 3 aliphatic rings. The molecule has 2 N–H and O–H groups in total. The molecule has 1 aromatic carbocycles. The zero-order valence-electron chi connectivity index (χ0n) is 10.4. The molecule has 0 bridgehead atoms. The van der Waals surface area contributed by atoms with E-state index in [2.05, 4.69) is 46.6 Å². The SMILES string of the molecule is Nc1cccc2c1C1CC3(CCN1C2)SCCS3. The molecule has 1 aromatic rings. The predicted molar refractivity (Wildman–Crippen MR) is 80.9 cm³/mol. The Bertz CT molecular complexity index is 483. The lowest BCUT2D eigenvalue weighted by Gasteiger charge is -2.41. The van der Waals surface area contributed by atoms with Crippen molar-refractivity contribution in [3.8, 4) is 0 Å². The summed E-state index contributed by atoms with van der Waals surface area (Å²) in [4.78, 5) is 2.63. The van der Waals surface area contributed by atoms with E-state index in [0.717, 1.165) is 12.2 Å². The number of benzene rings is 1. The number of fused-ring (bicyclic) bond motifs is 3. The minimum atomic E-state index is 0.491. The lowest BCUT2D eigenvalue weighted by molar-refractivity contribution is 0.162. The first-order valence-corrected chi connectivity index (χ1v) is 8.64. The Hall–Kier alpha value is -0.320. The van der Waals surface area contributed by atoms with E-state index in [0.29, 0.717) is 10.1 Å². The molecule has 0 aliphatic carbocycles. The Morgan fingerprint density at radius 1 is 1.28 bits per heavy atom. The van der Waals surface area contributed by atoms with Gasteiger partial charge in [-0.05, 0) is 30.0 Å². The zero-order chi connectivity index (χ0) is 12.2. The summed E-state index contributed by atoms with van der Waals surface area (Å²) in [5, 5.41) is 0. The van der Waals surface area contributed by atoms with E-state index in [-0.39, 0.29) is 0 Å². The molecule has 3 aliphatic heterocycles. The summed E-state index contributed by atoms with van der Waals surface area (Å²) < 4.78 is 0.491. The Morgan fingerprint density at radius 2 is 2.11 bits per heavy atom. The van der Waals surface area contributed by atoms with Gasteiger partial charge in [0.05, 0.1) is 4.08 Å². The van der Waals surface area contributed by atoms with Crippen LogP contribution in [-0.4, -0.2) is 27.0 Å². The number of thioether (sulfide) groups is 2. The highest BCUT2D eigenvalue weighted by Crippen LogP contribution is 2.57. The second-order valence-electron chi connectivity index (χ2n) is 5.47. The van der Waals surface area contributed by atoms with Crippen molar-refractivity contribution < 1.29 is 0 Å². The van der Waals surface area contributed by atoms with Crippen molar-refractivity contribution in [1.82, 2.24) is 4.90 Å². The molecule has 0 amide bonds. The number of hydrogen-bond acceptors (Lipinski definition) is 4. The average molecular weight is 278 g/mol. The number of piperidine rings is 1. The highest BCUT2D eigenvalue weighted by atomic mass is 32.2. The number of nitrogens with two attached hydrogens (primary N) is 1. The largest absolute Gasteiger partial charge is 0.398 e. The van der Waals surface area contributed by atoms with Gasteiger partial charge in [0.15, 0.2) is 0 Å². The summed E-state index contributed by atoms with van der Waals surface area (Å²) in [5.74, 6) is 2.66. The van der Waals surface area contributed by atoms with Gasteiger partial charge in [0.1, 0.15) is 0 Å². The third-order valence-electron chi connectivity index (χ3n) is 4.48. The minimum Gasteiger partial charge on any atom is -0.398 e. The van der Waals surface area contributed by atoms with Crippen LogP contribution >= 0.6 is 23.5 Å². The summed E-state index contributed by atoms with van der Waals surface area (Å²) in [5.41, 5.74) is 10.1. The Kier molecular flexibility index (Phi) is 2.61. The second-order valence-corrected chi connectivity index (χ2v) is 8.68. The zero-order valence-corrected chi connectivity index (χ0v) is 12.0. The molecule has 96 valence electrons. The van der Waals surface area contributed by atoms with Crippen molar-refractivity contribution in [2.45, 2.75) is 29.5 Å². The van der Waals surface area contributed by atoms with E-state index in [1.165, 1.54) is 42.0 Å². The Balaban J connectivity index is 1.71. The van der Waals surface area contributed by atoms with Gasteiger partial charge in [-0.2, -0.15) is 0 Å². The molecule has 0 aromatic heterocycles. The Labute approximate surface area is 117 Å². The van der Waals surface area contributed by atoms with Gasteiger partial charge in [0, 0.05) is 36.3 Å². The maximum absolute atomic E-state index is 6.23. The molecule has 2 nitrogen and oxygen atoms in total. The summed E-state index contributed by atoms with van der Waals surface area (Å²) in [6.45, 7) is 2.34. The van der Waals surface area contributed by atoms with E-state index in [1.807, 2.05) is 0 Å². The summed E-state index contributed by atoms with van der Waals surface area (Å²) in [7, 11) is 0. The minimum absolute atomic E-state index is 0.491. The van der Waals surface area contributed by atoms with E-state index in [1.54, 1.807) is 0 Å². The maximum atomic E-state index is 6.23. The van der Waals surface area contributed by atoms with Crippen LogP contribution in [0.15, 0.2) is 18.2 Å². The van der Waals surface area contributed by atoms with E-state index >= 15 is 0 Å². The van der Waals surface area contributed by atoms with Gasteiger partial charge >= 0.3 is 0 Å². The van der Waals surface area contributed by atoms with Crippen LogP contribution in [0.2, 0.25) is 0 Å². The summed E-state index contributed by atoms with van der Waals surface area (Å²) >= 11 is 4.38. The molecule has 4 rings (SSSR count). The van der Waals surface area contributed by atoms with Gasteiger partial charge in [0.2, 0.25) is 0 Å². The predicted octanol–water partition coefficient (Wildman–Crippen LogP) is 3.10. The molecule has 2 saturated heterocycles. The lowest BCUT2D eigenvalue weighted by Crippen LogP contribution is -2.38. The first-order chi connectivity index (χ1) is 8.77. The van der Waals surface area contributed by atoms with Crippen LogP contribution < -0.4 is 5.73 Å². The number of anilines is 1. The molecular weight excluding hydrogens is 260 g/mol. The first kappa shape index (κ1) is 11.5. The van der Waals surface area contributed by atoms with E-state index in [9.17, 15) is 0 Å². The van der Waals surface area contributed by atoms with Gasteiger partial charge in [-0.25, -0.2) is 0 Å². The molecule has 3 heterocycles. The molecular formula is C14H18N2S2. The van der Waals surface area contributed by atoms with Crippen LogP contribution in [0.3, 0.4) is 0 Å². The van der Waals surface area contributed by atoms with Crippen molar-refractivity contribution in [3.05, 3.63) is 29.3 Å². The molecule has 1 unspecified atom stereocenters. The second kappa shape index (κ2) is 4.09. The quantitative estimate of drug-likeness (QED) is 0.739. The Morgan fingerprint density at radius 3 is 2.94 bits per heavy atom. The number of nitrogens with zero attached hydrogens (tertiary/aromatic N) is 1. The van der Waals surface area contributed by atoms with Crippen molar-refractivity contribution in [2.24, 2.45) is 0 Å². The number of rotatable bonds is 0. The van der Waals surface area contributed by atoms with Crippen molar-refractivity contribution in [3.63, 3.8) is 0 Å². The highest BCUT2D eigenvalue weighted by Gasteiger charge is 2.46. The standard InChI is InChI=1S/C14H18N2S2/c15-11-3-1-2-10-9-16-5-4-14(17-6-7-18-14)8-12(16)13(10)11/h1-3,12H,4-9,15H2. The normalized spacial score (nSPS) is 29.4. The monoisotopic (exact) mass is 278 g/mol. The van der Waals surface area contributed by atoms with Crippen molar-refractivity contribution >= 4 is 29.2 Å². The van der Waals surface area contributed by atoms with Crippen LogP contribution in [0.1, 0.15) is 30.0 Å². The number of nitrogen functional groups attached to an aromatic ring is 1. The fraction of sp³-hybridized carbons (Fsp3) is 0.571. The number of hydrogen-bond donors (Lipinski definition) is 1. The summed E-state index contributed by atoms with van der Waals surface area (Å²) in [6.07, 6.45) is 2.62. The summed E-state index contributed by atoms with van der Waals surface area (Å²) in [6, 6.07) is 7.00. The highest BCUT2D eigenvalue weighted by molar-refractivity contribution is 8.21. The molecule has 1 atom stereocenters. The van der Waals surface area contributed by atoms with Crippen LogP contribution in [0.4, 0.5) is 5.69 Å². The van der Waals surface area contributed by atoms with Gasteiger partial charge < -0.3 is 5.73 Å². The molecule has 4 heteroatoms. The van der Waals surface area contributed by atoms with Crippen molar-refractivity contribution in [2.75, 3.05) is 23.8 Å². The molecule has 1 spiro atoms. The van der Waals surface area contributed by atoms with E-state index in [4.69, 9.17) is 5.73 Å². The van der Waals surface area contributed by atoms with Crippen molar-refractivity contribution in [1.29, 1.82) is 0 Å². The lowest BCUT2D eigenvalue weighted by atomic mass is 9.95. The first-order valence-electron chi connectivity index (χ1n) is 6.67. The van der Waals surface area contributed by atoms with Gasteiger partial charge in [-0.15, -0.1) is 23.5 Å². The fourth-order valence-electron chi connectivity index (χ4n) is 3.62. The van der Waals surface area contributed by atoms with Gasteiger partial charge in [-0.1, -0.05) is 12.1 Å². The van der Waals surface area contributed by atoms with Crippen LogP contribution in [0.25, 0.3) is 0 Å². The van der Waals surface area contributed by atoms with Gasteiger partial charge in [-0.3, -0.25) is 4.90 Å². The third-order valence-corrected chi connectivity index (χ3v) is 8.05. The molecule has 18 heavy (non-hydrogen) atoms. The van der Waals surface area contributed by atoms with Crippen LogP contribution in [0.5, 0.6) is 0 Å². The van der Waals surface area contributed by atoms with Crippen LogP contribution in [0, 0.1) is 0 Å². The third kappa shape index (κ3) is 1.62. The molecule has 0 saturated carbocycles. The van der Waals surface area contributed by atoms with Crippen LogP contribution in [-0.2, 0) is 6.54 Å². The topological polar surface area (TPSA) is 29.3 Å². The maximum Gasteiger partial charge on any atom is 0.0642 e. The average Bonchev–Trinajstić information content (AvgIpc) is 2.95.